The van der Waals surface area contributed by atoms with E-state index in [0.717, 1.165) is 47.5 Å². The number of aryl methyl sites for hydroxylation is 3. The number of halogens is 1. The Morgan fingerprint density at radius 3 is 2.24 bits per heavy atom. The fourth-order valence-electron chi connectivity index (χ4n) is 6.57. The molecule has 1 saturated carbocycles. The second-order valence-electron chi connectivity index (χ2n) is 10.9. The van der Waals surface area contributed by atoms with Gasteiger partial charge < -0.3 is 5.32 Å². The van der Waals surface area contributed by atoms with E-state index in [0.29, 0.717) is 17.8 Å². The van der Waals surface area contributed by atoms with Crippen LogP contribution in [0.3, 0.4) is 0 Å². The van der Waals surface area contributed by atoms with E-state index in [2.05, 4.69) is 86.8 Å². The first kappa shape index (κ1) is 27.5. The van der Waals surface area contributed by atoms with Crippen LogP contribution in [0.25, 0.3) is 0 Å². The van der Waals surface area contributed by atoms with Crippen molar-refractivity contribution in [2.45, 2.75) is 78.1 Å². The number of anilines is 1. The lowest BCUT2D eigenvalue weighted by molar-refractivity contribution is -0.122. The van der Waals surface area contributed by atoms with E-state index in [1.54, 1.807) is 0 Å². The van der Waals surface area contributed by atoms with Crippen molar-refractivity contribution in [3.8, 4) is 0 Å². The Balaban J connectivity index is 1.66. The molecule has 1 amide bonds. The number of carbonyl (C=O) groups is 1. The molecular weight excluding hydrogens is 474 g/mol. The third kappa shape index (κ3) is 7.05. The number of hydrogen-bond acceptors (Lipinski definition) is 1. The Morgan fingerprint density at radius 2 is 1.57 bits per heavy atom. The highest BCUT2D eigenvalue weighted by atomic mass is 35.5. The summed E-state index contributed by atoms with van der Waals surface area (Å²) in [5.74, 6) is 1.47. The van der Waals surface area contributed by atoms with Crippen LogP contribution in [0, 0.1) is 31.6 Å². The smallest absolute Gasteiger partial charge is 0.227 e. The van der Waals surface area contributed by atoms with E-state index in [4.69, 9.17) is 11.6 Å². The molecule has 1 aliphatic rings. The van der Waals surface area contributed by atoms with Gasteiger partial charge in [0.1, 0.15) is 0 Å². The van der Waals surface area contributed by atoms with Gasteiger partial charge in [0.15, 0.2) is 0 Å². The van der Waals surface area contributed by atoms with Crippen LogP contribution in [0.2, 0.25) is 5.02 Å². The van der Waals surface area contributed by atoms with Crippen molar-refractivity contribution in [3.05, 3.63) is 100 Å². The molecule has 1 fully saturated rings. The summed E-state index contributed by atoms with van der Waals surface area (Å²) in [6.45, 7) is 6.36. The van der Waals surface area contributed by atoms with E-state index in [9.17, 15) is 4.79 Å². The van der Waals surface area contributed by atoms with Gasteiger partial charge in [0.25, 0.3) is 0 Å². The summed E-state index contributed by atoms with van der Waals surface area (Å²) in [6, 6.07) is 25.6. The lowest BCUT2D eigenvalue weighted by Gasteiger charge is -2.40. The lowest BCUT2D eigenvalue weighted by atomic mass is 9.65. The zero-order valence-electron chi connectivity index (χ0n) is 22.7. The molecule has 0 spiro atoms. The number of hydrogen-bond donors (Lipinski definition) is 1. The number of rotatable bonds is 8. The van der Waals surface area contributed by atoms with Crippen molar-refractivity contribution in [3.63, 3.8) is 0 Å². The SMILES string of the molecule is CCC(C(=O)Nc1c(C)cccc1C)C1CCCCCC(c2ccccc2)C1CCc1ccc(Cl)cc1. The Morgan fingerprint density at radius 1 is 0.892 bits per heavy atom. The minimum atomic E-state index is -0.00136. The summed E-state index contributed by atoms with van der Waals surface area (Å²) in [4.78, 5) is 13.9. The van der Waals surface area contributed by atoms with Crippen molar-refractivity contribution >= 4 is 23.2 Å². The third-order valence-electron chi connectivity index (χ3n) is 8.55. The van der Waals surface area contributed by atoms with Crippen molar-refractivity contribution in [1.29, 1.82) is 0 Å². The van der Waals surface area contributed by atoms with Crippen LogP contribution >= 0.6 is 11.6 Å². The van der Waals surface area contributed by atoms with Gasteiger partial charge in [-0.1, -0.05) is 98.5 Å². The van der Waals surface area contributed by atoms with Crippen molar-refractivity contribution in [1.82, 2.24) is 0 Å². The predicted octanol–water partition coefficient (Wildman–Crippen LogP) is 9.53. The van der Waals surface area contributed by atoms with Crippen molar-refractivity contribution in [2.24, 2.45) is 17.8 Å². The molecule has 4 rings (SSSR count). The van der Waals surface area contributed by atoms with Crippen LogP contribution in [-0.2, 0) is 11.2 Å². The van der Waals surface area contributed by atoms with Crippen LogP contribution in [0.15, 0.2) is 72.8 Å². The Hall–Kier alpha value is -2.58. The summed E-state index contributed by atoms with van der Waals surface area (Å²) in [5.41, 5.74) is 5.99. The van der Waals surface area contributed by atoms with E-state index < -0.39 is 0 Å². The van der Waals surface area contributed by atoms with Crippen LogP contribution in [-0.4, -0.2) is 5.91 Å². The van der Waals surface area contributed by atoms with Gasteiger partial charge in [-0.05, 0) is 98.1 Å². The Labute approximate surface area is 228 Å². The van der Waals surface area contributed by atoms with E-state index in [1.807, 2.05) is 12.1 Å². The molecule has 0 aromatic heterocycles. The molecule has 0 bridgehead atoms. The number of carbonyl (C=O) groups excluding carboxylic acids is 1. The molecule has 4 atom stereocenters. The standard InChI is InChI=1S/C34H42ClNO/c1-4-29(34(37)36-33-24(2)12-11-13-25(33)3)31-17-10-6-9-16-30(27-14-7-5-8-15-27)32(31)23-20-26-18-21-28(35)22-19-26/h5,7-8,11-15,18-19,21-22,29-32H,4,6,9-10,16-17,20,23H2,1-3H3,(H,36,37). The summed E-state index contributed by atoms with van der Waals surface area (Å²) >= 11 is 6.17. The molecule has 0 saturated heterocycles. The first-order valence-corrected chi connectivity index (χ1v) is 14.5. The topological polar surface area (TPSA) is 29.1 Å². The molecule has 2 nitrogen and oxygen atoms in total. The van der Waals surface area contributed by atoms with Crippen LogP contribution in [0.5, 0.6) is 0 Å². The molecule has 0 radical (unpaired) electrons. The molecule has 196 valence electrons. The zero-order valence-corrected chi connectivity index (χ0v) is 23.4. The molecule has 0 aliphatic heterocycles. The van der Waals surface area contributed by atoms with Crippen LogP contribution in [0.1, 0.15) is 80.0 Å². The molecule has 0 heterocycles. The maximum Gasteiger partial charge on any atom is 0.227 e. The summed E-state index contributed by atoms with van der Waals surface area (Å²) in [6.07, 6.45) is 8.98. The highest BCUT2D eigenvalue weighted by molar-refractivity contribution is 6.30. The lowest BCUT2D eigenvalue weighted by Crippen LogP contribution is -2.37. The summed E-state index contributed by atoms with van der Waals surface area (Å²) < 4.78 is 0. The molecule has 3 heteroatoms. The van der Waals surface area contributed by atoms with Gasteiger partial charge in [-0.25, -0.2) is 0 Å². The average Bonchev–Trinajstić information content (AvgIpc) is 2.89. The van der Waals surface area contributed by atoms with Crippen molar-refractivity contribution in [2.75, 3.05) is 5.32 Å². The third-order valence-corrected chi connectivity index (χ3v) is 8.80. The zero-order chi connectivity index (χ0) is 26.2. The van der Waals surface area contributed by atoms with Gasteiger partial charge in [-0.15, -0.1) is 0 Å². The second-order valence-corrected chi connectivity index (χ2v) is 11.4. The molecular formula is C34H42ClNO. The van der Waals surface area contributed by atoms with Crippen molar-refractivity contribution < 1.29 is 4.79 Å². The monoisotopic (exact) mass is 515 g/mol. The number of para-hydroxylation sites is 1. The van der Waals surface area contributed by atoms with E-state index in [1.165, 1.54) is 36.8 Å². The number of benzene rings is 3. The van der Waals surface area contributed by atoms with Gasteiger partial charge in [-0.3, -0.25) is 4.79 Å². The summed E-state index contributed by atoms with van der Waals surface area (Å²) in [7, 11) is 0. The minimum Gasteiger partial charge on any atom is -0.325 e. The highest BCUT2D eigenvalue weighted by Gasteiger charge is 2.38. The maximum absolute atomic E-state index is 13.9. The number of amides is 1. The molecule has 3 aromatic carbocycles. The fourth-order valence-corrected chi connectivity index (χ4v) is 6.70. The maximum atomic E-state index is 13.9. The van der Waals surface area contributed by atoms with Gasteiger partial charge in [0.05, 0.1) is 0 Å². The average molecular weight is 516 g/mol. The van der Waals surface area contributed by atoms with Crippen LogP contribution < -0.4 is 5.32 Å². The second kappa shape index (κ2) is 13.3. The van der Waals surface area contributed by atoms with Gasteiger partial charge in [0, 0.05) is 16.6 Å². The largest absolute Gasteiger partial charge is 0.325 e. The van der Waals surface area contributed by atoms with Gasteiger partial charge >= 0.3 is 0 Å². The normalized spacial score (nSPS) is 21.0. The Kier molecular flexibility index (Phi) is 9.86. The first-order valence-electron chi connectivity index (χ1n) is 14.1. The predicted molar refractivity (Wildman–Crippen MR) is 157 cm³/mol. The molecule has 37 heavy (non-hydrogen) atoms. The van der Waals surface area contributed by atoms with Crippen LogP contribution in [0.4, 0.5) is 5.69 Å². The highest BCUT2D eigenvalue weighted by Crippen LogP contribution is 2.45. The van der Waals surface area contributed by atoms with E-state index >= 15 is 0 Å². The fraction of sp³-hybridized carbons (Fsp3) is 0.441. The van der Waals surface area contributed by atoms with Gasteiger partial charge in [0.2, 0.25) is 5.91 Å². The summed E-state index contributed by atoms with van der Waals surface area (Å²) in [5, 5.41) is 4.15. The first-order chi connectivity index (χ1) is 18.0. The quantitative estimate of drug-likeness (QED) is 0.318. The van der Waals surface area contributed by atoms with Gasteiger partial charge in [-0.2, -0.15) is 0 Å². The molecule has 4 unspecified atom stereocenters. The molecule has 1 aliphatic carbocycles. The number of nitrogens with one attached hydrogen (secondary N) is 1. The molecule has 3 aromatic rings. The Bertz CT molecular complexity index is 1120. The van der Waals surface area contributed by atoms with E-state index in [-0.39, 0.29) is 11.8 Å². The molecule has 1 N–H and O–H groups in total. The minimum absolute atomic E-state index is 0.00136.